The van der Waals surface area contributed by atoms with Crippen molar-refractivity contribution in [1.82, 2.24) is 0 Å². The van der Waals surface area contributed by atoms with Crippen molar-refractivity contribution < 1.29 is 32.8 Å². The van der Waals surface area contributed by atoms with E-state index < -0.39 is 13.9 Å². The minimum Gasteiger partial charge on any atom is -0.457 e. The van der Waals surface area contributed by atoms with Gasteiger partial charge in [-0.2, -0.15) is 0 Å². The number of hydrogen-bond donors (Lipinski definition) is 2. The van der Waals surface area contributed by atoms with Crippen LogP contribution in [-0.2, 0) is 27.9 Å². The first-order valence-electron chi connectivity index (χ1n) is 24.1. The average molecular weight is 838 g/mol. The number of ether oxygens (including phenoxy) is 2. The number of allylic oxidation sites excluding steroid dienone is 8. The summed E-state index contributed by atoms with van der Waals surface area (Å²) in [5.74, 6) is -0.368. The summed E-state index contributed by atoms with van der Waals surface area (Å²) < 4.78 is 33.5. The van der Waals surface area contributed by atoms with Gasteiger partial charge in [0.2, 0.25) is 0 Å². The molecule has 0 rings (SSSR count). The first kappa shape index (κ1) is 56.5. The van der Waals surface area contributed by atoms with Crippen LogP contribution in [0.3, 0.4) is 0 Å². The number of carbonyl (C=O) groups excluding carboxylic acids is 1. The normalized spacial score (nSPS) is 13.8. The molecule has 0 radical (unpaired) electrons. The maximum Gasteiger partial charge on any atom is 0.472 e. The summed E-state index contributed by atoms with van der Waals surface area (Å²) in [6, 6.07) is 0. The predicted octanol–water partition coefficient (Wildman–Crippen LogP) is 14.8. The van der Waals surface area contributed by atoms with E-state index in [0.29, 0.717) is 13.0 Å². The zero-order chi connectivity index (χ0) is 42.3. The zero-order valence-electron chi connectivity index (χ0n) is 37.8. The van der Waals surface area contributed by atoms with E-state index in [1.807, 2.05) is 0 Å². The van der Waals surface area contributed by atoms with Crippen LogP contribution in [0.2, 0.25) is 0 Å². The van der Waals surface area contributed by atoms with Crippen LogP contribution >= 0.6 is 7.82 Å². The molecule has 0 aromatic carbocycles. The Hall–Kier alpha value is -1.54. The highest BCUT2D eigenvalue weighted by Crippen LogP contribution is 2.43. The number of phosphoric ester groups is 1. The van der Waals surface area contributed by atoms with E-state index in [-0.39, 0.29) is 38.8 Å². The minimum absolute atomic E-state index is 0.0932. The molecule has 2 atom stereocenters. The molecule has 0 bridgehead atoms. The van der Waals surface area contributed by atoms with Gasteiger partial charge in [0.25, 0.3) is 0 Å². The zero-order valence-corrected chi connectivity index (χ0v) is 38.7. The lowest BCUT2D eigenvalue weighted by atomic mass is 10.0. The molecule has 0 spiro atoms. The molecule has 0 aromatic heterocycles. The monoisotopic (exact) mass is 838 g/mol. The lowest BCUT2D eigenvalue weighted by molar-refractivity contribution is -0.154. The van der Waals surface area contributed by atoms with Crippen LogP contribution < -0.4 is 5.73 Å². The van der Waals surface area contributed by atoms with Gasteiger partial charge in [-0.15, -0.1) is 0 Å². The van der Waals surface area contributed by atoms with Gasteiger partial charge in [-0.1, -0.05) is 210 Å². The smallest absolute Gasteiger partial charge is 0.457 e. The van der Waals surface area contributed by atoms with Crippen molar-refractivity contribution >= 4 is 13.8 Å². The number of phosphoric acid groups is 1. The van der Waals surface area contributed by atoms with Crippen molar-refractivity contribution in [2.45, 2.75) is 225 Å². The van der Waals surface area contributed by atoms with Crippen LogP contribution in [0.1, 0.15) is 219 Å². The van der Waals surface area contributed by atoms with Crippen molar-refractivity contribution in [3.63, 3.8) is 0 Å². The molecule has 2 unspecified atom stereocenters. The van der Waals surface area contributed by atoms with Crippen LogP contribution in [-0.4, -0.2) is 49.9 Å². The molecule has 0 heterocycles. The van der Waals surface area contributed by atoms with E-state index in [4.69, 9.17) is 24.3 Å². The first-order chi connectivity index (χ1) is 28.4. The summed E-state index contributed by atoms with van der Waals surface area (Å²) in [6.07, 6.45) is 55.9. The molecule has 58 heavy (non-hydrogen) atoms. The molecular weight excluding hydrogens is 746 g/mol. The van der Waals surface area contributed by atoms with Gasteiger partial charge in [0.1, 0.15) is 6.10 Å². The Balaban J connectivity index is 3.94. The molecule has 8 nitrogen and oxygen atoms in total. The highest BCUT2D eigenvalue weighted by molar-refractivity contribution is 7.47. The molecule has 0 saturated carbocycles. The second-order valence-electron chi connectivity index (χ2n) is 16.0. The lowest BCUT2D eigenvalue weighted by Gasteiger charge is -2.20. The maximum atomic E-state index is 12.6. The van der Waals surface area contributed by atoms with Crippen LogP contribution in [0.5, 0.6) is 0 Å². The highest BCUT2D eigenvalue weighted by Gasteiger charge is 2.25. The molecule has 0 amide bonds. The average Bonchev–Trinajstić information content (AvgIpc) is 3.21. The molecular formula is C49H92NO7P. The van der Waals surface area contributed by atoms with Gasteiger partial charge < -0.3 is 20.1 Å². The van der Waals surface area contributed by atoms with Crippen LogP contribution in [0, 0.1) is 0 Å². The lowest BCUT2D eigenvalue weighted by Crippen LogP contribution is -2.28. The van der Waals surface area contributed by atoms with E-state index >= 15 is 0 Å². The number of esters is 1. The van der Waals surface area contributed by atoms with Crippen molar-refractivity contribution in [3.8, 4) is 0 Å². The van der Waals surface area contributed by atoms with Gasteiger partial charge in [-0.25, -0.2) is 4.57 Å². The van der Waals surface area contributed by atoms with Crippen LogP contribution in [0.25, 0.3) is 0 Å². The van der Waals surface area contributed by atoms with Crippen molar-refractivity contribution in [1.29, 1.82) is 0 Å². The second-order valence-corrected chi connectivity index (χ2v) is 17.4. The summed E-state index contributed by atoms with van der Waals surface area (Å²) in [5.41, 5.74) is 5.37. The van der Waals surface area contributed by atoms with E-state index in [2.05, 4.69) is 62.5 Å². The number of nitrogens with two attached hydrogens (primary N) is 1. The molecule has 9 heteroatoms. The van der Waals surface area contributed by atoms with Crippen LogP contribution in [0.4, 0.5) is 0 Å². The second kappa shape index (κ2) is 46.5. The topological polar surface area (TPSA) is 117 Å². The summed E-state index contributed by atoms with van der Waals surface area (Å²) in [5, 5.41) is 0. The number of hydrogen-bond acceptors (Lipinski definition) is 7. The van der Waals surface area contributed by atoms with E-state index in [1.165, 1.54) is 141 Å². The maximum absolute atomic E-state index is 12.6. The highest BCUT2D eigenvalue weighted by atomic mass is 31.2. The van der Waals surface area contributed by atoms with Crippen molar-refractivity contribution in [3.05, 3.63) is 48.6 Å². The molecule has 0 aromatic rings. The molecule has 3 N–H and O–H groups in total. The number of rotatable bonds is 46. The third-order valence-electron chi connectivity index (χ3n) is 10.3. The van der Waals surface area contributed by atoms with Gasteiger partial charge >= 0.3 is 13.8 Å². The fraction of sp³-hybridized carbons (Fsp3) is 0.816. The van der Waals surface area contributed by atoms with E-state index in [1.54, 1.807) is 0 Å². The van der Waals surface area contributed by atoms with E-state index in [9.17, 15) is 14.3 Å². The van der Waals surface area contributed by atoms with Gasteiger partial charge in [-0.3, -0.25) is 13.8 Å². The number of unbranched alkanes of at least 4 members (excludes halogenated alkanes) is 25. The first-order valence-corrected chi connectivity index (χ1v) is 25.6. The molecule has 340 valence electrons. The third-order valence-corrected chi connectivity index (χ3v) is 11.2. The summed E-state index contributed by atoms with van der Waals surface area (Å²) in [7, 11) is -4.29. The molecule has 0 aliphatic rings. The molecule has 0 aliphatic heterocycles. The fourth-order valence-electron chi connectivity index (χ4n) is 6.75. The Morgan fingerprint density at radius 1 is 0.534 bits per heavy atom. The van der Waals surface area contributed by atoms with Crippen molar-refractivity contribution in [2.24, 2.45) is 5.73 Å². The number of carbonyl (C=O) groups is 1. The minimum atomic E-state index is -4.29. The van der Waals surface area contributed by atoms with Crippen molar-refractivity contribution in [2.75, 3.05) is 33.0 Å². The molecule has 0 saturated heterocycles. The van der Waals surface area contributed by atoms with Gasteiger partial charge in [0.15, 0.2) is 0 Å². The summed E-state index contributed by atoms with van der Waals surface area (Å²) in [4.78, 5) is 22.5. The Morgan fingerprint density at radius 2 is 0.966 bits per heavy atom. The Bertz CT molecular complexity index is 1030. The molecule has 0 fully saturated rings. The van der Waals surface area contributed by atoms with Gasteiger partial charge in [0.05, 0.1) is 19.8 Å². The van der Waals surface area contributed by atoms with Gasteiger partial charge in [0, 0.05) is 19.6 Å². The standard InChI is InChI=1S/C49H92NO7P/c1-3-5-7-9-11-13-15-17-19-20-21-22-23-24-25-26-27-29-31-33-35-37-39-41-44-54-46-48(47-56-58(52,53)55-45-43-50)57-49(51)42-40-38-36-34-32-30-28-18-16-14-12-10-8-6-4-2/h6,8,12,14,18,28,32,34,48H,3-5,7,9-11,13,15-17,19-27,29-31,33,35-47,50H2,1-2H3,(H,52,53)/b8-6-,14-12-,28-18-,34-32-. The molecule has 0 aliphatic carbocycles. The summed E-state index contributed by atoms with van der Waals surface area (Å²) >= 11 is 0. The van der Waals surface area contributed by atoms with Crippen LogP contribution in [0.15, 0.2) is 48.6 Å². The predicted molar refractivity (Wildman–Crippen MR) is 247 cm³/mol. The Morgan fingerprint density at radius 3 is 1.41 bits per heavy atom. The summed E-state index contributed by atoms with van der Waals surface area (Å²) in [6.45, 7) is 4.78. The SMILES string of the molecule is CC/C=C\C/C=C\C/C=C\C/C=C\CCCCC(=O)OC(COCCCCCCCCCCCCCCCCCCCCCCCCCC)COP(=O)(O)OCCN. The third kappa shape index (κ3) is 45.5. The van der Waals surface area contributed by atoms with E-state index in [0.717, 1.165) is 51.4 Å². The Labute approximate surface area is 358 Å². The van der Waals surface area contributed by atoms with Gasteiger partial charge in [-0.05, 0) is 51.4 Å². The largest absolute Gasteiger partial charge is 0.472 e. The fourth-order valence-corrected chi connectivity index (χ4v) is 7.52. The Kier molecular flexibility index (Phi) is 45.3. The quantitative estimate of drug-likeness (QED) is 0.0269.